The maximum Gasteiger partial charge on any atom is 0.230 e. The molecule has 2 heterocycles. The number of aryl methyl sites for hydroxylation is 2. The first-order valence-corrected chi connectivity index (χ1v) is 5.80. The number of aromatic nitrogens is 4. The Morgan fingerprint density at radius 1 is 1.35 bits per heavy atom. The first-order valence-electron chi connectivity index (χ1n) is 5.80. The van der Waals surface area contributed by atoms with Gasteiger partial charge in [-0.1, -0.05) is 0 Å². The molecule has 92 valence electrons. The second-order valence-electron chi connectivity index (χ2n) is 3.90. The Balaban J connectivity index is 1.52. The molecule has 0 aliphatic heterocycles. The van der Waals surface area contributed by atoms with E-state index in [1.54, 1.807) is 13.1 Å². The predicted octanol–water partition coefficient (Wildman–Crippen LogP) is 1.14. The minimum absolute atomic E-state index is 0.613. The second kappa shape index (κ2) is 6.15. The van der Waals surface area contributed by atoms with Gasteiger partial charge in [0.2, 0.25) is 11.8 Å². The first-order chi connectivity index (χ1) is 8.34. The summed E-state index contributed by atoms with van der Waals surface area (Å²) < 4.78 is 7.34. The molecule has 2 aromatic heterocycles. The van der Waals surface area contributed by atoms with Crippen molar-refractivity contribution in [2.45, 2.75) is 32.9 Å². The van der Waals surface area contributed by atoms with Gasteiger partial charge in [0.05, 0.1) is 12.9 Å². The standard InChI is InChI=1S/C11H17N5O/c1-10-14-15-11(17-10)8-12-4-2-3-6-16-7-5-13-9-16/h5,7,9,12H,2-4,6,8H2,1H3. The molecule has 0 radical (unpaired) electrons. The summed E-state index contributed by atoms with van der Waals surface area (Å²) in [5, 5.41) is 11.0. The normalized spacial score (nSPS) is 10.9. The average molecular weight is 235 g/mol. The summed E-state index contributed by atoms with van der Waals surface area (Å²) in [6.07, 6.45) is 7.87. The molecule has 0 aliphatic carbocycles. The number of rotatable bonds is 7. The van der Waals surface area contributed by atoms with Crippen LogP contribution >= 0.6 is 0 Å². The van der Waals surface area contributed by atoms with Crippen molar-refractivity contribution in [3.63, 3.8) is 0 Å². The molecule has 0 saturated heterocycles. The van der Waals surface area contributed by atoms with E-state index < -0.39 is 0 Å². The van der Waals surface area contributed by atoms with Crippen molar-refractivity contribution >= 4 is 0 Å². The zero-order valence-electron chi connectivity index (χ0n) is 9.96. The quantitative estimate of drug-likeness (QED) is 0.729. The van der Waals surface area contributed by atoms with Crippen molar-refractivity contribution < 1.29 is 4.42 Å². The second-order valence-corrected chi connectivity index (χ2v) is 3.90. The fourth-order valence-corrected chi connectivity index (χ4v) is 1.57. The smallest absolute Gasteiger partial charge is 0.230 e. The van der Waals surface area contributed by atoms with Crippen LogP contribution in [-0.4, -0.2) is 26.3 Å². The van der Waals surface area contributed by atoms with E-state index in [1.807, 2.05) is 12.5 Å². The Bertz CT molecular complexity index is 423. The molecule has 2 rings (SSSR count). The van der Waals surface area contributed by atoms with Crippen LogP contribution in [0.2, 0.25) is 0 Å². The van der Waals surface area contributed by atoms with Crippen molar-refractivity contribution in [3.8, 4) is 0 Å². The van der Waals surface area contributed by atoms with Crippen LogP contribution in [0.25, 0.3) is 0 Å². The maximum atomic E-state index is 5.25. The fraction of sp³-hybridized carbons (Fsp3) is 0.545. The molecule has 0 aromatic carbocycles. The molecule has 0 bridgehead atoms. The molecular weight excluding hydrogens is 218 g/mol. The maximum absolute atomic E-state index is 5.25. The summed E-state index contributed by atoms with van der Waals surface area (Å²) in [7, 11) is 0. The topological polar surface area (TPSA) is 68.8 Å². The predicted molar refractivity (Wildman–Crippen MR) is 62.2 cm³/mol. The van der Waals surface area contributed by atoms with Crippen LogP contribution in [0.15, 0.2) is 23.1 Å². The van der Waals surface area contributed by atoms with Gasteiger partial charge < -0.3 is 14.3 Å². The highest BCUT2D eigenvalue weighted by Gasteiger charge is 2.00. The van der Waals surface area contributed by atoms with Crippen LogP contribution in [0.3, 0.4) is 0 Å². The van der Waals surface area contributed by atoms with E-state index in [4.69, 9.17) is 4.42 Å². The number of imidazole rings is 1. The lowest BCUT2D eigenvalue weighted by atomic mass is 10.3. The van der Waals surface area contributed by atoms with E-state index in [1.165, 1.54) is 0 Å². The Morgan fingerprint density at radius 3 is 3.00 bits per heavy atom. The molecule has 1 N–H and O–H groups in total. The highest BCUT2D eigenvalue weighted by molar-refractivity contribution is 4.77. The molecule has 0 saturated carbocycles. The van der Waals surface area contributed by atoms with Crippen LogP contribution in [0.4, 0.5) is 0 Å². The van der Waals surface area contributed by atoms with Crippen LogP contribution in [0, 0.1) is 6.92 Å². The highest BCUT2D eigenvalue weighted by Crippen LogP contribution is 1.97. The number of unbranched alkanes of at least 4 members (excludes halogenated alkanes) is 1. The molecule has 0 unspecified atom stereocenters. The van der Waals surface area contributed by atoms with E-state index in [0.717, 1.165) is 25.9 Å². The van der Waals surface area contributed by atoms with Gasteiger partial charge in [0.1, 0.15) is 0 Å². The Kier molecular flexibility index (Phi) is 4.26. The average Bonchev–Trinajstić information content (AvgIpc) is 2.95. The lowest BCUT2D eigenvalue weighted by molar-refractivity contribution is 0.443. The molecule has 0 atom stereocenters. The van der Waals surface area contributed by atoms with Gasteiger partial charge in [-0.2, -0.15) is 0 Å². The number of nitrogens with zero attached hydrogens (tertiary/aromatic N) is 4. The summed E-state index contributed by atoms with van der Waals surface area (Å²) in [6, 6.07) is 0. The zero-order chi connectivity index (χ0) is 11.9. The van der Waals surface area contributed by atoms with Crippen molar-refractivity contribution in [1.82, 2.24) is 25.1 Å². The zero-order valence-corrected chi connectivity index (χ0v) is 9.96. The Hall–Kier alpha value is -1.69. The van der Waals surface area contributed by atoms with Crippen LogP contribution in [-0.2, 0) is 13.1 Å². The van der Waals surface area contributed by atoms with E-state index >= 15 is 0 Å². The number of hydrogen-bond acceptors (Lipinski definition) is 5. The summed E-state index contributed by atoms with van der Waals surface area (Å²) in [5.41, 5.74) is 0. The Morgan fingerprint density at radius 2 is 2.29 bits per heavy atom. The van der Waals surface area contributed by atoms with Crippen molar-refractivity contribution in [2.75, 3.05) is 6.54 Å². The third kappa shape index (κ3) is 3.99. The van der Waals surface area contributed by atoms with Gasteiger partial charge in [-0.15, -0.1) is 10.2 Å². The number of nitrogens with one attached hydrogen (secondary N) is 1. The lowest BCUT2D eigenvalue weighted by Gasteiger charge is -2.03. The summed E-state index contributed by atoms with van der Waals surface area (Å²) in [5.74, 6) is 1.26. The van der Waals surface area contributed by atoms with E-state index in [9.17, 15) is 0 Å². The summed E-state index contributed by atoms with van der Waals surface area (Å²) in [6.45, 7) is 4.41. The molecule has 0 amide bonds. The van der Waals surface area contributed by atoms with Gasteiger partial charge in [0.25, 0.3) is 0 Å². The van der Waals surface area contributed by atoms with E-state index in [2.05, 4.69) is 25.1 Å². The fourth-order valence-electron chi connectivity index (χ4n) is 1.57. The molecule has 0 fully saturated rings. The third-order valence-electron chi connectivity index (χ3n) is 2.42. The van der Waals surface area contributed by atoms with Crippen molar-refractivity contribution in [3.05, 3.63) is 30.5 Å². The summed E-state index contributed by atoms with van der Waals surface area (Å²) in [4.78, 5) is 4.00. The van der Waals surface area contributed by atoms with Gasteiger partial charge in [-0.05, 0) is 19.4 Å². The van der Waals surface area contributed by atoms with E-state index in [-0.39, 0.29) is 0 Å². The van der Waals surface area contributed by atoms with Crippen LogP contribution < -0.4 is 5.32 Å². The summed E-state index contributed by atoms with van der Waals surface area (Å²) >= 11 is 0. The van der Waals surface area contributed by atoms with Gasteiger partial charge in [-0.25, -0.2) is 4.98 Å². The molecular formula is C11H17N5O. The molecule has 6 nitrogen and oxygen atoms in total. The van der Waals surface area contributed by atoms with Gasteiger partial charge in [0, 0.05) is 25.9 Å². The SMILES string of the molecule is Cc1nnc(CNCCCCn2ccnc2)o1. The third-order valence-corrected chi connectivity index (χ3v) is 2.42. The lowest BCUT2D eigenvalue weighted by Crippen LogP contribution is -2.15. The van der Waals surface area contributed by atoms with Gasteiger partial charge >= 0.3 is 0 Å². The molecule has 2 aromatic rings. The molecule has 0 spiro atoms. The highest BCUT2D eigenvalue weighted by atomic mass is 16.4. The Labute approximate surface area is 100 Å². The minimum atomic E-state index is 0.613. The minimum Gasteiger partial charge on any atom is -0.424 e. The van der Waals surface area contributed by atoms with Crippen molar-refractivity contribution in [1.29, 1.82) is 0 Å². The number of hydrogen-bond donors (Lipinski definition) is 1. The van der Waals surface area contributed by atoms with Gasteiger partial charge in [-0.3, -0.25) is 0 Å². The van der Waals surface area contributed by atoms with Crippen LogP contribution in [0.1, 0.15) is 24.6 Å². The largest absolute Gasteiger partial charge is 0.424 e. The van der Waals surface area contributed by atoms with Crippen LogP contribution in [0.5, 0.6) is 0 Å². The molecule has 17 heavy (non-hydrogen) atoms. The molecule has 6 heteroatoms. The monoisotopic (exact) mass is 235 g/mol. The van der Waals surface area contributed by atoms with Gasteiger partial charge in [0.15, 0.2) is 0 Å². The van der Waals surface area contributed by atoms with E-state index in [0.29, 0.717) is 18.3 Å². The van der Waals surface area contributed by atoms with Crippen molar-refractivity contribution in [2.24, 2.45) is 0 Å². The first kappa shape index (κ1) is 11.8. The molecule has 0 aliphatic rings.